The highest BCUT2D eigenvalue weighted by atomic mass is 35.5. The second-order valence-electron chi connectivity index (χ2n) is 8.23. The van der Waals surface area contributed by atoms with Crippen molar-refractivity contribution in [1.29, 1.82) is 0 Å². The lowest BCUT2D eigenvalue weighted by atomic mass is 9.96. The van der Waals surface area contributed by atoms with Crippen LogP contribution in [0.4, 0.5) is 5.82 Å². The fourth-order valence-electron chi connectivity index (χ4n) is 4.29. The van der Waals surface area contributed by atoms with E-state index in [1.807, 2.05) is 12.1 Å². The van der Waals surface area contributed by atoms with Crippen LogP contribution in [0.3, 0.4) is 0 Å². The minimum Gasteiger partial charge on any atom is -0.492 e. The first-order valence-electron chi connectivity index (χ1n) is 11.4. The number of morpholine rings is 1. The Labute approximate surface area is 203 Å². The molecule has 1 aromatic heterocycles. The van der Waals surface area contributed by atoms with Crippen LogP contribution < -0.4 is 14.8 Å². The van der Waals surface area contributed by atoms with Crippen molar-refractivity contribution in [3.8, 4) is 11.8 Å². The van der Waals surface area contributed by atoms with E-state index < -0.39 is 0 Å². The molecule has 9 heteroatoms. The summed E-state index contributed by atoms with van der Waals surface area (Å²) in [5, 5.41) is 4.68. The number of fused-ring (bicyclic) bond motifs is 1. The molecule has 1 saturated heterocycles. The number of anilines is 1. The summed E-state index contributed by atoms with van der Waals surface area (Å²) in [6.45, 7) is 5.15. The van der Waals surface area contributed by atoms with Crippen molar-refractivity contribution < 1.29 is 14.2 Å². The molecule has 2 aliphatic rings. The van der Waals surface area contributed by atoms with E-state index in [9.17, 15) is 0 Å². The van der Waals surface area contributed by atoms with E-state index in [2.05, 4.69) is 26.3 Å². The second kappa shape index (κ2) is 13.9. The summed E-state index contributed by atoms with van der Waals surface area (Å²) in [4.78, 5) is 11.5. The number of nitrogens with zero attached hydrogens (tertiary/aromatic N) is 3. The maximum atomic E-state index is 6.06. The van der Waals surface area contributed by atoms with Gasteiger partial charge in [0.1, 0.15) is 18.2 Å². The molecular formula is C23H36Cl2N4O3. The van der Waals surface area contributed by atoms with Gasteiger partial charge in [-0.2, -0.15) is 9.97 Å². The van der Waals surface area contributed by atoms with Gasteiger partial charge in [-0.3, -0.25) is 4.90 Å². The molecule has 1 aliphatic heterocycles. The largest absolute Gasteiger partial charge is 0.492 e. The monoisotopic (exact) mass is 486 g/mol. The predicted molar refractivity (Wildman–Crippen MR) is 133 cm³/mol. The molecule has 4 rings (SSSR count). The molecule has 7 nitrogen and oxygen atoms in total. The van der Waals surface area contributed by atoms with Crippen LogP contribution in [0.25, 0.3) is 10.9 Å². The van der Waals surface area contributed by atoms with Crippen LogP contribution in [0.2, 0.25) is 0 Å². The molecule has 0 bridgehead atoms. The summed E-state index contributed by atoms with van der Waals surface area (Å²) >= 11 is 0. The van der Waals surface area contributed by atoms with Crippen molar-refractivity contribution in [2.75, 3.05) is 51.9 Å². The lowest BCUT2D eigenvalue weighted by Gasteiger charge is -2.26. The van der Waals surface area contributed by atoms with Gasteiger partial charge in [0.25, 0.3) is 0 Å². The number of rotatable bonds is 7. The minimum absolute atomic E-state index is 0. The van der Waals surface area contributed by atoms with Gasteiger partial charge in [-0.05, 0) is 31.0 Å². The smallest absolute Gasteiger partial charge is 0.318 e. The number of halogens is 2. The molecule has 180 valence electrons. The zero-order valence-electron chi connectivity index (χ0n) is 18.9. The third-order valence-electron chi connectivity index (χ3n) is 6.06. The van der Waals surface area contributed by atoms with Crippen molar-refractivity contribution in [3.63, 3.8) is 0 Å². The van der Waals surface area contributed by atoms with Crippen molar-refractivity contribution in [2.45, 2.75) is 51.0 Å². The lowest BCUT2D eigenvalue weighted by molar-refractivity contribution is 0.0322. The maximum absolute atomic E-state index is 6.06. The second-order valence-corrected chi connectivity index (χ2v) is 8.23. The van der Waals surface area contributed by atoms with E-state index in [1.54, 1.807) is 7.11 Å². The van der Waals surface area contributed by atoms with Crippen LogP contribution in [0, 0.1) is 0 Å². The van der Waals surface area contributed by atoms with Crippen LogP contribution in [-0.4, -0.2) is 67.5 Å². The molecule has 0 spiro atoms. The number of nitrogens with one attached hydrogen (secondary N) is 1. The summed E-state index contributed by atoms with van der Waals surface area (Å²) in [7, 11) is 1.61. The normalized spacial score (nSPS) is 18.0. The maximum Gasteiger partial charge on any atom is 0.318 e. The Balaban J connectivity index is 0.00000181. The van der Waals surface area contributed by atoms with E-state index >= 15 is 0 Å². The van der Waals surface area contributed by atoms with E-state index in [0.717, 1.165) is 55.3 Å². The lowest BCUT2D eigenvalue weighted by Crippen LogP contribution is -2.38. The number of hydrogen-bond donors (Lipinski definition) is 1. The first-order chi connectivity index (χ1) is 14.8. The Morgan fingerprint density at radius 2 is 1.75 bits per heavy atom. The highest BCUT2D eigenvalue weighted by molar-refractivity contribution is 5.90. The molecule has 0 unspecified atom stereocenters. The van der Waals surface area contributed by atoms with E-state index in [-0.39, 0.29) is 24.8 Å². The van der Waals surface area contributed by atoms with Gasteiger partial charge in [0, 0.05) is 31.1 Å². The summed E-state index contributed by atoms with van der Waals surface area (Å²) in [6.07, 6.45) is 8.93. The van der Waals surface area contributed by atoms with Crippen molar-refractivity contribution in [3.05, 3.63) is 18.2 Å². The van der Waals surface area contributed by atoms with Crippen LogP contribution in [0.5, 0.6) is 11.8 Å². The van der Waals surface area contributed by atoms with Gasteiger partial charge in [-0.25, -0.2) is 0 Å². The van der Waals surface area contributed by atoms with Gasteiger partial charge in [0.15, 0.2) is 0 Å². The van der Waals surface area contributed by atoms with E-state index in [1.165, 1.54) is 44.9 Å². The summed E-state index contributed by atoms with van der Waals surface area (Å²) in [6, 6.07) is 6.87. The van der Waals surface area contributed by atoms with Gasteiger partial charge in [-0.1, -0.05) is 32.1 Å². The Morgan fingerprint density at radius 1 is 1.03 bits per heavy atom. The third kappa shape index (κ3) is 7.51. The minimum atomic E-state index is 0. The Morgan fingerprint density at radius 3 is 2.47 bits per heavy atom. The predicted octanol–water partition coefficient (Wildman–Crippen LogP) is 4.72. The SMILES string of the molecule is COc1nc(NC2CCCCCCC2)c2cc(OCCN3CCOCC3)ccc2n1.Cl.Cl. The van der Waals surface area contributed by atoms with Crippen molar-refractivity contribution in [2.24, 2.45) is 0 Å². The number of hydrogen-bond acceptors (Lipinski definition) is 7. The molecular weight excluding hydrogens is 451 g/mol. The fraction of sp³-hybridized carbons (Fsp3) is 0.652. The molecule has 1 aliphatic carbocycles. The highest BCUT2D eigenvalue weighted by Crippen LogP contribution is 2.29. The average molecular weight is 487 g/mol. The van der Waals surface area contributed by atoms with Gasteiger partial charge in [0.2, 0.25) is 0 Å². The molecule has 2 fully saturated rings. The Kier molecular flexibility index (Phi) is 11.6. The molecule has 0 radical (unpaired) electrons. The first kappa shape index (κ1) is 26.7. The molecule has 2 aromatic rings. The molecule has 0 atom stereocenters. The molecule has 1 saturated carbocycles. The third-order valence-corrected chi connectivity index (χ3v) is 6.06. The summed E-state index contributed by atoms with van der Waals surface area (Å²) < 4.78 is 16.8. The fourth-order valence-corrected chi connectivity index (χ4v) is 4.29. The Bertz CT molecular complexity index is 813. The molecule has 1 N–H and O–H groups in total. The van der Waals surface area contributed by atoms with Gasteiger partial charge >= 0.3 is 6.01 Å². The molecule has 32 heavy (non-hydrogen) atoms. The summed E-state index contributed by atoms with van der Waals surface area (Å²) in [5.41, 5.74) is 0.871. The number of ether oxygens (including phenoxy) is 3. The molecule has 2 heterocycles. The van der Waals surface area contributed by atoms with Gasteiger partial charge in [0.05, 0.1) is 25.8 Å². The van der Waals surface area contributed by atoms with E-state index in [4.69, 9.17) is 14.2 Å². The van der Waals surface area contributed by atoms with Crippen LogP contribution in [0.15, 0.2) is 18.2 Å². The van der Waals surface area contributed by atoms with Gasteiger partial charge < -0.3 is 19.5 Å². The number of methoxy groups -OCH3 is 1. The van der Waals surface area contributed by atoms with Crippen LogP contribution in [0.1, 0.15) is 44.9 Å². The first-order valence-corrected chi connectivity index (χ1v) is 11.4. The van der Waals surface area contributed by atoms with E-state index in [0.29, 0.717) is 18.7 Å². The standard InChI is InChI=1S/C23H34N4O3.2ClH/c1-28-23-25-21-10-9-19(30-16-13-27-11-14-29-15-12-27)17-20(21)22(26-23)24-18-7-5-3-2-4-6-8-18;;/h9-10,17-18H,2-8,11-16H2,1H3,(H,24,25,26);2*1H. The highest BCUT2D eigenvalue weighted by Gasteiger charge is 2.16. The van der Waals surface area contributed by atoms with Crippen molar-refractivity contribution >= 4 is 41.5 Å². The number of aromatic nitrogens is 2. The average Bonchev–Trinajstić information content (AvgIpc) is 2.76. The molecule has 0 amide bonds. The topological polar surface area (TPSA) is 68.7 Å². The zero-order chi connectivity index (χ0) is 20.6. The van der Waals surface area contributed by atoms with Crippen LogP contribution in [-0.2, 0) is 4.74 Å². The molecule has 1 aromatic carbocycles. The van der Waals surface area contributed by atoms with Crippen molar-refractivity contribution in [1.82, 2.24) is 14.9 Å². The number of benzene rings is 1. The van der Waals surface area contributed by atoms with Crippen LogP contribution >= 0.6 is 24.8 Å². The zero-order valence-corrected chi connectivity index (χ0v) is 20.5. The Hall–Kier alpha value is -1.54. The van der Waals surface area contributed by atoms with Gasteiger partial charge in [-0.15, -0.1) is 24.8 Å². The quantitative estimate of drug-likeness (QED) is 0.606. The summed E-state index contributed by atoms with van der Waals surface area (Å²) in [5.74, 6) is 1.70.